The Bertz CT molecular complexity index is 590. The summed E-state index contributed by atoms with van der Waals surface area (Å²) in [6.45, 7) is 13.9. The Kier molecular flexibility index (Phi) is 4.79. The van der Waals surface area contributed by atoms with Crippen molar-refractivity contribution in [2.75, 3.05) is 6.54 Å². The molecule has 0 saturated heterocycles. The molecule has 21 heavy (non-hydrogen) atoms. The van der Waals surface area contributed by atoms with Gasteiger partial charge in [0.05, 0.1) is 16.6 Å². The largest absolute Gasteiger partial charge is 0.306 e. The van der Waals surface area contributed by atoms with Gasteiger partial charge in [0.2, 0.25) is 0 Å². The predicted molar refractivity (Wildman–Crippen MR) is 90.0 cm³/mol. The predicted octanol–water partition coefficient (Wildman–Crippen LogP) is 4.15. The zero-order valence-electron chi connectivity index (χ0n) is 13.8. The van der Waals surface area contributed by atoms with Gasteiger partial charge in [0, 0.05) is 5.41 Å². The minimum Gasteiger partial charge on any atom is -0.306 e. The van der Waals surface area contributed by atoms with Crippen molar-refractivity contribution in [2.45, 2.75) is 53.0 Å². The van der Waals surface area contributed by atoms with Gasteiger partial charge >= 0.3 is 0 Å². The molecule has 3 nitrogen and oxygen atoms in total. The topological polar surface area (TPSA) is 37.8 Å². The molecule has 0 radical (unpaired) electrons. The van der Waals surface area contributed by atoms with E-state index in [1.807, 2.05) is 0 Å². The number of hydrogen-bond acceptors (Lipinski definition) is 4. The van der Waals surface area contributed by atoms with Crippen molar-refractivity contribution in [2.24, 2.45) is 0 Å². The van der Waals surface area contributed by atoms with E-state index < -0.39 is 0 Å². The summed E-state index contributed by atoms with van der Waals surface area (Å²) < 4.78 is 4.21. The third-order valence-electron chi connectivity index (χ3n) is 3.47. The van der Waals surface area contributed by atoms with Gasteiger partial charge in [-0.05, 0) is 37.5 Å². The Morgan fingerprint density at radius 3 is 2.29 bits per heavy atom. The van der Waals surface area contributed by atoms with Gasteiger partial charge < -0.3 is 5.32 Å². The second-order valence-corrected chi connectivity index (χ2v) is 7.43. The number of aromatic nitrogens is 2. The van der Waals surface area contributed by atoms with E-state index in [1.165, 1.54) is 33.1 Å². The van der Waals surface area contributed by atoms with Crippen molar-refractivity contribution in [1.82, 2.24) is 14.9 Å². The fourth-order valence-corrected chi connectivity index (χ4v) is 3.62. The van der Waals surface area contributed by atoms with E-state index in [9.17, 15) is 0 Å². The minimum absolute atomic E-state index is 0.00880. The van der Waals surface area contributed by atoms with Gasteiger partial charge in [-0.15, -0.1) is 5.10 Å². The Balaban J connectivity index is 2.51. The van der Waals surface area contributed by atoms with E-state index in [1.54, 1.807) is 0 Å². The highest BCUT2D eigenvalue weighted by Crippen LogP contribution is 2.34. The van der Waals surface area contributed by atoms with Crippen molar-refractivity contribution in [3.63, 3.8) is 0 Å². The zero-order valence-corrected chi connectivity index (χ0v) is 14.6. The van der Waals surface area contributed by atoms with Crippen LogP contribution in [0.3, 0.4) is 0 Å². The summed E-state index contributed by atoms with van der Waals surface area (Å²) >= 11 is 1.51. The number of hydrogen-bond donors (Lipinski definition) is 1. The van der Waals surface area contributed by atoms with Crippen molar-refractivity contribution in [3.05, 3.63) is 45.5 Å². The molecule has 1 aromatic heterocycles. The van der Waals surface area contributed by atoms with Gasteiger partial charge in [0.15, 0.2) is 0 Å². The summed E-state index contributed by atoms with van der Waals surface area (Å²) in [5.41, 5.74) is 4.99. The Morgan fingerprint density at radius 2 is 1.76 bits per heavy atom. The highest BCUT2D eigenvalue weighted by Gasteiger charge is 2.27. The molecule has 1 N–H and O–H groups in total. The van der Waals surface area contributed by atoms with E-state index in [4.69, 9.17) is 0 Å². The summed E-state index contributed by atoms with van der Waals surface area (Å²) in [5.74, 6) is 0. The van der Waals surface area contributed by atoms with Crippen LogP contribution in [-0.2, 0) is 5.41 Å². The normalized spacial score (nSPS) is 13.4. The molecule has 2 aromatic rings. The number of aryl methyl sites for hydroxylation is 2. The van der Waals surface area contributed by atoms with Crippen LogP contribution in [0.2, 0.25) is 0 Å². The zero-order chi connectivity index (χ0) is 15.6. The maximum absolute atomic E-state index is 4.39. The quantitative estimate of drug-likeness (QED) is 0.922. The van der Waals surface area contributed by atoms with Gasteiger partial charge in [0.1, 0.15) is 0 Å². The molecule has 1 unspecified atom stereocenters. The summed E-state index contributed by atoms with van der Waals surface area (Å²) in [4.78, 5) is 1.23. The summed E-state index contributed by atoms with van der Waals surface area (Å²) in [6.07, 6.45) is 0. The average Bonchev–Trinajstić information content (AvgIpc) is 2.83. The lowest BCUT2D eigenvalue weighted by molar-refractivity contribution is 0.543. The van der Waals surface area contributed by atoms with Gasteiger partial charge in [-0.3, -0.25) is 0 Å². The first kappa shape index (κ1) is 16.1. The highest BCUT2D eigenvalue weighted by atomic mass is 32.1. The lowest BCUT2D eigenvalue weighted by Gasteiger charge is -2.23. The molecule has 1 aromatic carbocycles. The summed E-state index contributed by atoms with van der Waals surface area (Å²) in [7, 11) is 0. The molecule has 2 rings (SSSR count). The molecular weight excluding hydrogens is 278 g/mol. The number of benzene rings is 1. The van der Waals surface area contributed by atoms with E-state index in [0.717, 1.165) is 12.2 Å². The van der Waals surface area contributed by atoms with Gasteiger partial charge in [0.25, 0.3) is 0 Å². The Morgan fingerprint density at radius 1 is 1.14 bits per heavy atom. The maximum Gasteiger partial charge on any atom is 0.0860 e. The molecule has 0 fully saturated rings. The van der Waals surface area contributed by atoms with Crippen LogP contribution in [0.5, 0.6) is 0 Å². The first-order chi connectivity index (χ1) is 9.82. The molecule has 0 aliphatic rings. The van der Waals surface area contributed by atoms with Crippen molar-refractivity contribution >= 4 is 11.5 Å². The van der Waals surface area contributed by atoms with Crippen LogP contribution in [0, 0.1) is 13.8 Å². The molecule has 1 heterocycles. The Labute approximate surface area is 132 Å². The van der Waals surface area contributed by atoms with E-state index >= 15 is 0 Å². The number of nitrogens with one attached hydrogen (secondary N) is 1. The van der Waals surface area contributed by atoms with Crippen molar-refractivity contribution in [3.8, 4) is 0 Å². The molecule has 0 saturated carbocycles. The molecule has 0 spiro atoms. The van der Waals surface area contributed by atoms with Crippen LogP contribution >= 0.6 is 11.5 Å². The third-order valence-corrected chi connectivity index (χ3v) is 4.26. The van der Waals surface area contributed by atoms with Gasteiger partial charge in [-0.1, -0.05) is 61.5 Å². The van der Waals surface area contributed by atoms with Crippen LogP contribution in [-0.4, -0.2) is 16.1 Å². The Hall–Kier alpha value is -1.26. The molecule has 1 atom stereocenters. The first-order valence-corrected chi connectivity index (χ1v) is 8.24. The highest BCUT2D eigenvalue weighted by molar-refractivity contribution is 7.05. The fourth-order valence-electron chi connectivity index (χ4n) is 2.65. The van der Waals surface area contributed by atoms with E-state index in [2.05, 4.69) is 74.6 Å². The molecular formula is C17H25N3S. The van der Waals surface area contributed by atoms with Crippen LogP contribution in [0.1, 0.15) is 61.0 Å². The molecule has 0 amide bonds. The lowest BCUT2D eigenvalue weighted by Crippen LogP contribution is -2.25. The minimum atomic E-state index is 0.00880. The smallest absolute Gasteiger partial charge is 0.0860 e. The van der Waals surface area contributed by atoms with Crippen LogP contribution in [0.15, 0.2) is 18.2 Å². The van der Waals surface area contributed by atoms with Crippen molar-refractivity contribution in [1.29, 1.82) is 0 Å². The summed E-state index contributed by atoms with van der Waals surface area (Å²) in [5, 5.41) is 7.99. The standard InChI is InChI=1S/C17H25N3S/c1-7-18-14(13-9-11(2)8-12(3)10-13)15-16(17(4,5)6)19-20-21-15/h8-10,14,18H,7H2,1-6H3. The lowest BCUT2D eigenvalue weighted by atomic mass is 9.88. The van der Waals surface area contributed by atoms with Gasteiger partial charge in [-0.2, -0.15) is 0 Å². The third kappa shape index (κ3) is 3.69. The fraction of sp³-hybridized carbons (Fsp3) is 0.529. The molecule has 0 bridgehead atoms. The monoisotopic (exact) mass is 303 g/mol. The summed E-state index contributed by atoms with van der Waals surface area (Å²) in [6, 6.07) is 6.89. The van der Waals surface area contributed by atoms with Crippen LogP contribution in [0.25, 0.3) is 0 Å². The molecule has 0 aliphatic heterocycles. The van der Waals surface area contributed by atoms with E-state index in [0.29, 0.717) is 0 Å². The maximum atomic E-state index is 4.39. The van der Waals surface area contributed by atoms with Crippen LogP contribution < -0.4 is 5.32 Å². The van der Waals surface area contributed by atoms with Gasteiger partial charge in [-0.25, -0.2) is 0 Å². The SMILES string of the molecule is CCNC(c1cc(C)cc(C)c1)c1snnc1C(C)(C)C. The average molecular weight is 303 g/mol. The first-order valence-electron chi connectivity index (χ1n) is 7.47. The molecule has 0 aliphatic carbocycles. The van der Waals surface area contributed by atoms with Crippen LogP contribution in [0.4, 0.5) is 0 Å². The number of nitrogens with zero attached hydrogens (tertiary/aromatic N) is 2. The molecule has 114 valence electrons. The number of rotatable bonds is 4. The van der Waals surface area contributed by atoms with Crippen molar-refractivity contribution < 1.29 is 0 Å². The second kappa shape index (κ2) is 6.24. The molecule has 4 heteroatoms. The second-order valence-electron chi connectivity index (χ2n) is 6.65. The van der Waals surface area contributed by atoms with E-state index in [-0.39, 0.29) is 11.5 Å².